The Labute approximate surface area is 178 Å². The topological polar surface area (TPSA) is 0 Å². The number of hydrogen-bond donors (Lipinski definition) is 0. The lowest BCUT2D eigenvalue weighted by Crippen LogP contribution is -2.27. The first kappa shape index (κ1) is 31.1. The number of rotatable bonds is 3. The van der Waals surface area contributed by atoms with E-state index in [1.165, 1.54) is 41.2 Å². The maximum atomic E-state index is 4.28. The minimum Gasteiger partial charge on any atom is -0.0955 e. The van der Waals surface area contributed by atoms with Crippen molar-refractivity contribution in [1.82, 2.24) is 0 Å². The third-order valence-electron chi connectivity index (χ3n) is 5.19. The lowest BCUT2D eigenvalue weighted by Gasteiger charge is -2.27. The van der Waals surface area contributed by atoms with Crippen LogP contribution in [0.15, 0.2) is 29.9 Å². The highest BCUT2D eigenvalue weighted by atomic mass is 14.3. The standard InChI is InChI=1S/C22H30.2C2H6.2CH4/c1-14(2)19-9-8-16(5)21(11-19)13-22-12-20(15(3)4)10-17(6)18(22)7;2*1-2;;/h10,12-14,19H,3,7-9,11H2,1-2,4-6H3;2*1-2H3;2*1H4/b22-13-;;;;. The normalized spacial score (nSPS) is 16.1. The average Bonchev–Trinajstić information content (AvgIpc) is 2.63. The van der Waals surface area contributed by atoms with Gasteiger partial charge in [0.15, 0.2) is 0 Å². The van der Waals surface area contributed by atoms with Gasteiger partial charge in [-0.15, -0.1) is 0 Å². The lowest BCUT2D eigenvalue weighted by atomic mass is 9.78. The van der Waals surface area contributed by atoms with E-state index in [4.69, 9.17) is 0 Å². The zero-order valence-electron chi connectivity index (χ0n) is 18.9. The van der Waals surface area contributed by atoms with E-state index in [9.17, 15) is 0 Å². The summed E-state index contributed by atoms with van der Waals surface area (Å²) in [5.41, 5.74) is 6.67. The highest BCUT2D eigenvalue weighted by Crippen LogP contribution is 2.34. The van der Waals surface area contributed by atoms with E-state index < -0.39 is 0 Å². The van der Waals surface area contributed by atoms with E-state index >= 15 is 0 Å². The molecule has 0 radical (unpaired) electrons. The van der Waals surface area contributed by atoms with Gasteiger partial charge in [-0.3, -0.25) is 0 Å². The molecule has 1 aliphatic carbocycles. The summed E-state index contributed by atoms with van der Waals surface area (Å²) in [6.45, 7) is 27.6. The molecule has 28 heavy (non-hydrogen) atoms. The monoisotopic (exact) mass is 386 g/mol. The molecule has 0 aromatic heterocycles. The van der Waals surface area contributed by atoms with Crippen LogP contribution < -0.4 is 10.4 Å². The predicted octanol–water partition coefficient (Wildman–Crippen LogP) is 8.32. The molecule has 1 aliphatic rings. The third-order valence-corrected chi connectivity index (χ3v) is 5.19. The van der Waals surface area contributed by atoms with Crippen molar-refractivity contribution in [3.05, 3.63) is 51.4 Å². The Morgan fingerprint density at radius 1 is 1.07 bits per heavy atom. The molecule has 0 N–H and O–H groups in total. The maximum absolute atomic E-state index is 4.28. The van der Waals surface area contributed by atoms with E-state index in [0.717, 1.165) is 22.6 Å². The van der Waals surface area contributed by atoms with Crippen molar-refractivity contribution in [3.63, 3.8) is 0 Å². The smallest absolute Gasteiger partial charge is 0.0179 e. The maximum Gasteiger partial charge on any atom is -0.0179 e. The van der Waals surface area contributed by atoms with E-state index in [1.807, 2.05) is 27.7 Å². The number of aryl methyl sites for hydroxylation is 1. The first-order valence-corrected chi connectivity index (χ1v) is 10.5. The zero-order valence-corrected chi connectivity index (χ0v) is 18.9. The minimum absolute atomic E-state index is 0. The molecule has 0 nitrogen and oxygen atoms in total. The van der Waals surface area contributed by atoms with Crippen LogP contribution in [-0.4, -0.2) is 0 Å². The third kappa shape index (κ3) is 8.63. The molecule has 0 heterocycles. The van der Waals surface area contributed by atoms with E-state index in [0.29, 0.717) is 0 Å². The van der Waals surface area contributed by atoms with Gasteiger partial charge < -0.3 is 0 Å². The zero-order chi connectivity index (χ0) is 20.4. The van der Waals surface area contributed by atoms with Crippen molar-refractivity contribution in [2.75, 3.05) is 0 Å². The highest BCUT2D eigenvalue weighted by molar-refractivity contribution is 5.63. The van der Waals surface area contributed by atoms with Gasteiger partial charge in [-0.2, -0.15) is 0 Å². The fourth-order valence-electron chi connectivity index (χ4n) is 3.28. The van der Waals surface area contributed by atoms with Gasteiger partial charge in [0.2, 0.25) is 0 Å². The highest BCUT2D eigenvalue weighted by Gasteiger charge is 2.20. The summed E-state index contributed by atoms with van der Waals surface area (Å²) < 4.78 is 0. The van der Waals surface area contributed by atoms with Crippen LogP contribution in [-0.2, 0) is 0 Å². The fourth-order valence-corrected chi connectivity index (χ4v) is 3.28. The number of allylic oxidation sites excluding steroid dienone is 3. The second-order valence-electron chi connectivity index (χ2n) is 7.34. The first-order valence-electron chi connectivity index (χ1n) is 10.5. The van der Waals surface area contributed by atoms with Gasteiger partial charge in [-0.1, -0.05) is 92.8 Å². The molecule has 0 fully saturated rings. The molecule has 1 aromatic rings. The molecule has 1 aromatic carbocycles. The van der Waals surface area contributed by atoms with Crippen LogP contribution in [0.2, 0.25) is 0 Å². The molecule has 0 amide bonds. The Balaban J connectivity index is -0.000000978. The van der Waals surface area contributed by atoms with E-state index in [1.54, 1.807) is 5.57 Å². The fraction of sp³-hybridized carbons (Fsp3) is 0.571. The summed E-state index contributed by atoms with van der Waals surface area (Å²) in [6.07, 6.45) is 6.16. The summed E-state index contributed by atoms with van der Waals surface area (Å²) in [6, 6.07) is 4.44. The van der Waals surface area contributed by atoms with Crippen LogP contribution in [0.4, 0.5) is 0 Å². The van der Waals surface area contributed by atoms with Crippen molar-refractivity contribution in [2.45, 2.75) is 96.4 Å². The van der Waals surface area contributed by atoms with E-state index in [-0.39, 0.29) is 14.9 Å². The first-order chi connectivity index (χ1) is 12.3. The minimum atomic E-state index is 0. The Morgan fingerprint density at radius 2 is 1.61 bits per heavy atom. The number of benzene rings is 1. The van der Waals surface area contributed by atoms with Crippen molar-refractivity contribution >= 4 is 18.2 Å². The van der Waals surface area contributed by atoms with Crippen molar-refractivity contribution in [2.24, 2.45) is 11.8 Å². The SMILES string of the molecule is C.C.C=C(C)c1cc(C)c(=C)/c(=C\C2=C(C)CCC(C(C)C)C2)c1.CC.CC. The summed E-state index contributed by atoms with van der Waals surface area (Å²) in [5.74, 6) is 1.58. The van der Waals surface area contributed by atoms with Gasteiger partial charge in [0.05, 0.1) is 0 Å². The molecule has 0 bridgehead atoms. The van der Waals surface area contributed by atoms with Gasteiger partial charge >= 0.3 is 0 Å². The molecule has 2 rings (SSSR count). The molecule has 0 aliphatic heterocycles. The Hall–Kier alpha value is -1.56. The summed E-state index contributed by atoms with van der Waals surface area (Å²) in [7, 11) is 0. The predicted molar refractivity (Wildman–Crippen MR) is 136 cm³/mol. The van der Waals surface area contributed by atoms with Crippen LogP contribution >= 0.6 is 0 Å². The summed E-state index contributed by atoms with van der Waals surface area (Å²) in [4.78, 5) is 0. The van der Waals surface area contributed by atoms with Crippen molar-refractivity contribution in [1.29, 1.82) is 0 Å². The second-order valence-corrected chi connectivity index (χ2v) is 7.34. The van der Waals surface area contributed by atoms with Gasteiger partial charge in [0, 0.05) is 0 Å². The van der Waals surface area contributed by atoms with Gasteiger partial charge in [-0.25, -0.2) is 0 Å². The molecular formula is C28H50. The Kier molecular flexibility index (Phi) is 17.1. The molecular weight excluding hydrogens is 336 g/mol. The molecule has 162 valence electrons. The molecule has 0 spiro atoms. The van der Waals surface area contributed by atoms with Crippen molar-refractivity contribution < 1.29 is 0 Å². The molecule has 0 saturated carbocycles. The van der Waals surface area contributed by atoms with Crippen LogP contribution in [0.25, 0.3) is 18.2 Å². The molecule has 0 saturated heterocycles. The van der Waals surface area contributed by atoms with Crippen LogP contribution in [0.3, 0.4) is 0 Å². The van der Waals surface area contributed by atoms with E-state index in [2.05, 4.69) is 66.0 Å². The van der Waals surface area contributed by atoms with Crippen molar-refractivity contribution in [3.8, 4) is 0 Å². The lowest BCUT2D eigenvalue weighted by molar-refractivity contribution is 0.346. The van der Waals surface area contributed by atoms with Gasteiger partial charge in [-0.05, 0) is 85.1 Å². The summed E-state index contributed by atoms with van der Waals surface area (Å²) >= 11 is 0. The Bertz CT molecular complexity index is 713. The number of hydrogen-bond acceptors (Lipinski definition) is 0. The molecule has 1 unspecified atom stereocenters. The summed E-state index contributed by atoms with van der Waals surface area (Å²) in [5, 5.41) is 2.41. The molecule has 0 heteroatoms. The Morgan fingerprint density at radius 3 is 2.07 bits per heavy atom. The molecule has 1 atom stereocenters. The van der Waals surface area contributed by atoms with Crippen LogP contribution in [0, 0.1) is 18.8 Å². The largest absolute Gasteiger partial charge is 0.0955 e. The van der Waals surface area contributed by atoms with Gasteiger partial charge in [0.1, 0.15) is 0 Å². The quantitative estimate of drug-likeness (QED) is 0.490. The van der Waals surface area contributed by atoms with Crippen LogP contribution in [0.5, 0.6) is 0 Å². The average molecular weight is 387 g/mol. The van der Waals surface area contributed by atoms with Gasteiger partial charge in [0.25, 0.3) is 0 Å². The van der Waals surface area contributed by atoms with Crippen LogP contribution in [0.1, 0.15) is 101 Å². The second kappa shape index (κ2) is 15.4.